The van der Waals surface area contributed by atoms with Crippen LogP contribution in [0.4, 0.5) is 13.2 Å². The number of hydrogen-bond donors (Lipinski definition) is 1. The van der Waals surface area contributed by atoms with Crippen molar-refractivity contribution in [2.45, 2.75) is 32.5 Å². The van der Waals surface area contributed by atoms with Crippen molar-refractivity contribution in [3.63, 3.8) is 0 Å². The molecule has 2 rings (SSSR count). The van der Waals surface area contributed by atoms with E-state index in [-0.39, 0.29) is 5.56 Å². The molecule has 0 bridgehead atoms. The van der Waals surface area contributed by atoms with E-state index in [9.17, 15) is 13.2 Å². The zero-order valence-corrected chi connectivity index (χ0v) is 11.9. The molecule has 0 radical (unpaired) electrons. The molecule has 1 unspecified atom stereocenters. The van der Waals surface area contributed by atoms with Crippen LogP contribution in [0.15, 0.2) is 35.0 Å². The SMILES string of the molecule is CCCNC(c1ccc(C)o1)c1cnccc1C(F)(F)F. The van der Waals surface area contributed by atoms with E-state index in [2.05, 4.69) is 10.3 Å². The van der Waals surface area contributed by atoms with E-state index in [1.54, 1.807) is 19.1 Å². The van der Waals surface area contributed by atoms with Crippen LogP contribution in [0.2, 0.25) is 0 Å². The van der Waals surface area contributed by atoms with Crippen LogP contribution in [-0.4, -0.2) is 11.5 Å². The van der Waals surface area contributed by atoms with Crippen LogP contribution >= 0.6 is 0 Å². The third kappa shape index (κ3) is 3.64. The smallest absolute Gasteiger partial charge is 0.416 e. The van der Waals surface area contributed by atoms with Crippen LogP contribution in [0, 0.1) is 6.92 Å². The van der Waals surface area contributed by atoms with Gasteiger partial charge in [0.15, 0.2) is 0 Å². The summed E-state index contributed by atoms with van der Waals surface area (Å²) >= 11 is 0. The Bertz CT molecular complexity index is 593. The summed E-state index contributed by atoms with van der Waals surface area (Å²) in [7, 11) is 0. The van der Waals surface area contributed by atoms with E-state index in [1.165, 1.54) is 6.20 Å². The number of nitrogens with zero attached hydrogens (tertiary/aromatic N) is 1. The van der Waals surface area contributed by atoms with Crippen molar-refractivity contribution in [2.75, 3.05) is 6.54 Å². The van der Waals surface area contributed by atoms with Crippen molar-refractivity contribution >= 4 is 0 Å². The number of aromatic nitrogens is 1. The highest BCUT2D eigenvalue weighted by Gasteiger charge is 2.36. The van der Waals surface area contributed by atoms with E-state index >= 15 is 0 Å². The van der Waals surface area contributed by atoms with Gasteiger partial charge in [-0.05, 0) is 38.1 Å². The molecule has 3 nitrogen and oxygen atoms in total. The fourth-order valence-electron chi connectivity index (χ4n) is 2.16. The number of hydrogen-bond acceptors (Lipinski definition) is 3. The number of nitrogens with one attached hydrogen (secondary N) is 1. The highest BCUT2D eigenvalue weighted by Crippen LogP contribution is 2.36. The highest BCUT2D eigenvalue weighted by atomic mass is 19.4. The van der Waals surface area contributed by atoms with Gasteiger partial charge in [-0.1, -0.05) is 6.92 Å². The van der Waals surface area contributed by atoms with Crippen molar-refractivity contribution in [1.29, 1.82) is 0 Å². The molecule has 0 aliphatic rings. The van der Waals surface area contributed by atoms with E-state index in [1.807, 2.05) is 6.92 Å². The maximum Gasteiger partial charge on any atom is 0.416 e. The van der Waals surface area contributed by atoms with Gasteiger partial charge in [0.1, 0.15) is 11.5 Å². The zero-order valence-electron chi connectivity index (χ0n) is 11.9. The minimum absolute atomic E-state index is 0.0767. The maximum absolute atomic E-state index is 13.2. The lowest BCUT2D eigenvalue weighted by atomic mass is 10.0. The van der Waals surface area contributed by atoms with Gasteiger partial charge in [0.2, 0.25) is 0 Å². The summed E-state index contributed by atoms with van der Waals surface area (Å²) in [6.45, 7) is 4.29. The number of halogens is 3. The first-order valence-corrected chi connectivity index (χ1v) is 6.74. The van der Waals surface area contributed by atoms with Gasteiger partial charge in [0.05, 0.1) is 11.6 Å². The quantitative estimate of drug-likeness (QED) is 0.903. The fraction of sp³-hybridized carbons (Fsp3) is 0.400. The molecule has 6 heteroatoms. The molecule has 2 heterocycles. The molecule has 1 atom stereocenters. The topological polar surface area (TPSA) is 38.1 Å². The van der Waals surface area contributed by atoms with Crippen molar-refractivity contribution in [1.82, 2.24) is 10.3 Å². The third-order valence-electron chi connectivity index (χ3n) is 3.11. The van der Waals surface area contributed by atoms with Gasteiger partial charge in [0, 0.05) is 18.0 Å². The Morgan fingerprint density at radius 2 is 2.05 bits per heavy atom. The summed E-state index contributed by atoms with van der Waals surface area (Å²) in [6.07, 6.45) is -1.23. The molecule has 2 aromatic heterocycles. The first-order valence-electron chi connectivity index (χ1n) is 6.74. The number of alkyl halides is 3. The maximum atomic E-state index is 13.2. The summed E-state index contributed by atoms with van der Waals surface area (Å²) in [5.74, 6) is 1.12. The minimum atomic E-state index is -4.42. The van der Waals surface area contributed by atoms with Crippen molar-refractivity contribution in [3.8, 4) is 0 Å². The van der Waals surface area contributed by atoms with E-state index in [4.69, 9.17) is 4.42 Å². The Labute approximate surface area is 121 Å². The largest absolute Gasteiger partial charge is 0.464 e. The number of furan rings is 1. The number of aryl methyl sites for hydroxylation is 1. The average Bonchev–Trinajstić information content (AvgIpc) is 2.85. The standard InChI is InChI=1S/C15H17F3N2O/c1-3-7-20-14(13-5-4-10(2)21-13)11-9-19-8-6-12(11)15(16,17)18/h4-6,8-9,14,20H,3,7H2,1-2H3. The second-order valence-electron chi connectivity index (χ2n) is 4.80. The lowest BCUT2D eigenvalue weighted by Crippen LogP contribution is -2.25. The average molecular weight is 298 g/mol. The molecule has 0 fully saturated rings. The summed E-state index contributed by atoms with van der Waals surface area (Å²) in [5.41, 5.74) is -0.618. The van der Waals surface area contributed by atoms with E-state index in [0.717, 1.165) is 18.7 Å². The van der Waals surface area contributed by atoms with Gasteiger partial charge in [-0.3, -0.25) is 4.98 Å². The first kappa shape index (κ1) is 15.6. The number of pyridine rings is 1. The lowest BCUT2D eigenvalue weighted by molar-refractivity contribution is -0.138. The van der Waals surface area contributed by atoms with Crippen molar-refractivity contribution < 1.29 is 17.6 Å². The summed E-state index contributed by atoms with van der Waals surface area (Å²) in [4.78, 5) is 3.84. The third-order valence-corrected chi connectivity index (χ3v) is 3.11. The first-order chi connectivity index (χ1) is 9.93. The van der Waals surface area contributed by atoms with E-state index in [0.29, 0.717) is 18.1 Å². The van der Waals surface area contributed by atoms with Crippen LogP contribution in [0.3, 0.4) is 0 Å². The Kier molecular flexibility index (Phi) is 4.67. The van der Waals surface area contributed by atoms with Gasteiger partial charge in [-0.2, -0.15) is 13.2 Å². The number of rotatable bonds is 5. The fourth-order valence-corrected chi connectivity index (χ4v) is 2.16. The molecule has 2 aromatic rings. The molecule has 0 saturated carbocycles. The normalized spacial score (nSPS) is 13.4. The van der Waals surface area contributed by atoms with Crippen molar-refractivity contribution in [2.24, 2.45) is 0 Å². The zero-order chi connectivity index (χ0) is 15.5. The molecule has 0 aliphatic carbocycles. The van der Waals surface area contributed by atoms with Crippen LogP contribution in [-0.2, 0) is 6.18 Å². The van der Waals surface area contributed by atoms with Crippen molar-refractivity contribution in [3.05, 3.63) is 53.2 Å². The molecular formula is C15H17F3N2O. The minimum Gasteiger partial charge on any atom is -0.464 e. The predicted octanol–water partition coefficient (Wildman–Crippen LogP) is 4.09. The van der Waals surface area contributed by atoms with Gasteiger partial charge >= 0.3 is 6.18 Å². The molecule has 0 amide bonds. The molecule has 0 aromatic carbocycles. The Hall–Kier alpha value is -1.82. The van der Waals surface area contributed by atoms with Gasteiger partial charge in [-0.25, -0.2) is 0 Å². The monoisotopic (exact) mass is 298 g/mol. The van der Waals surface area contributed by atoms with Gasteiger partial charge < -0.3 is 9.73 Å². The Morgan fingerprint density at radius 1 is 1.29 bits per heavy atom. The molecule has 0 spiro atoms. The summed E-state index contributed by atoms with van der Waals surface area (Å²) in [6, 6.07) is 3.75. The molecule has 0 saturated heterocycles. The summed E-state index contributed by atoms with van der Waals surface area (Å²) < 4.78 is 45.0. The Balaban J connectivity index is 2.46. The van der Waals surface area contributed by atoms with Crippen LogP contribution in [0.25, 0.3) is 0 Å². The lowest BCUT2D eigenvalue weighted by Gasteiger charge is -2.20. The predicted molar refractivity (Wildman–Crippen MR) is 72.8 cm³/mol. The van der Waals surface area contributed by atoms with Crippen LogP contribution in [0.1, 0.15) is 42.0 Å². The van der Waals surface area contributed by atoms with Gasteiger partial charge in [-0.15, -0.1) is 0 Å². The molecule has 114 valence electrons. The second-order valence-corrected chi connectivity index (χ2v) is 4.80. The van der Waals surface area contributed by atoms with Crippen LogP contribution in [0.5, 0.6) is 0 Å². The second kappa shape index (κ2) is 6.30. The highest BCUT2D eigenvalue weighted by molar-refractivity contribution is 5.34. The van der Waals surface area contributed by atoms with Gasteiger partial charge in [0.25, 0.3) is 0 Å². The molecule has 21 heavy (non-hydrogen) atoms. The molecule has 0 aliphatic heterocycles. The van der Waals surface area contributed by atoms with E-state index < -0.39 is 17.8 Å². The van der Waals surface area contributed by atoms with Crippen LogP contribution < -0.4 is 5.32 Å². The molecule has 1 N–H and O–H groups in total. The Morgan fingerprint density at radius 3 is 2.62 bits per heavy atom. The molecular weight excluding hydrogens is 281 g/mol. The summed E-state index contributed by atoms with van der Waals surface area (Å²) in [5, 5.41) is 3.09.